The number of rotatable bonds is 6. The largest absolute Gasteiger partial charge is 0.478 e. The Morgan fingerprint density at radius 2 is 1.88 bits per heavy atom. The molecule has 0 saturated heterocycles. The van der Waals surface area contributed by atoms with Crippen LogP contribution >= 0.6 is 0 Å². The summed E-state index contributed by atoms with van der Waals surface area (Å²) in [6, 6.07) is 7.01. The molecule has 0 amide bonds. The molecule has 0 fully saturated rings. The van der Waals surface area contributed by atoms with Crippen molar-refractivity contribution in [2.24, 2.45) is 0 Å². The van der Waals surface area contributed by atoms with Gasteiger partial charge in [-0.25, -0.2) is 4.79 Å². The van der Waals surface area contributed by atoms with Crippen molar-refractivity contribution in [1.29, 1.82) is 0 Å². The minimum Gasteiger partial charge on any atom is -0.478 e. The first-order valence-electron chi connectivity index (χ1n) is 6.02. The van der Waals surface area contributed by atoms with Gasteiger partial charge in [-0.2, -0.15) is 0 Å². The second-order valence-electron chi connectivity index (χ2n) is 4.99. The van der Waals surface area contributed by atoms with Crippen LogP contribution in [0.15, 0.2) is 24.3 Å². The molecule has 0 unspecified atom stereocenters. The summed E-state index contributed by atoms with van der Waals surface area (Å²) in [5.41, 5.74) is 1.57. The van der Waals surface area contributed by atoms with Gasteiger partial charge in [0, 0.05) is 12.1 Å². The van der Waals surface area contributed by atoms with Gasteiger partial charge in [-0.1, -0.05) is 25.5 Å². The number of hydrogen-bond acceptors (Lipinski definition) is 2. The predicted octanol–water partition coefficient (Wildman–Crippen LogP) is 3.05. The monoisotopic (exact) mass is 235 g/mol. The Bertz CT molecular complexity index is 368. The standard InChI is InChI=1S/C14H21NO2/c1-4-9-14(2,3)15-10-11-5-7-12(8-6-11)13(16)17/h5-8,15H,4,9-10H2,1-3H3,(H,16,17). The second-order valence-corrected chi connectivity index (χ2v) is 4.99. The molecule has 0 saturated carbocycles. The Morgan fingerprint density at radius 3 is 2.35 bits per heavy atom. The third-order valence-corrected chi connectivity index (χ3v) is 2.85. The zero-order valence-electron chi connectivity index (χ0n) is 10.8. The molecule has 0 radical (unpaired) electrons. The lowest BCUT2D eigenvalue weighted by Crippen LogP contribution is -2.38. The van der Waals surface area contributed by atoms with Gasteiger partial charge >= 0.3 is 5.97 Å². The molecule has 17 heavy (non-hydrogen) atoms. The molecule has 0 bridgehead atoms. The van der Waals surface area contributed by atoms with E-state index in [1.807, 2.05) is 12.1 Å². The molecule has 0 aromatic heterocycles. The lowest BCUT2D eigenvalue weighted by atomic mass is 9.98. The van der Waals surface area contributed by atoms with Crippen molar-refractivity contribution >= 4 is 5.97 Å². The Hall–Kier alpha value is -1.35. The lowest BCUT2D eigenvalue weighted by molar-refractivity contribution is 0.0697. The minimum absolute atomic E-state index is 0.125. The Balaban J connectivity index is 2.55. The topological polar surface area (TPSA) is 49.3 Å². The Morgan fingerprint density at radius 1 is 1.29 bits per heavy atom. The summed E-state index contributed by atoms with van der Waals surface area (Å²) in [5.74, 6) is -0.879. The van der Waals surface area contributed by atoms with Gasteiger partial charge in [0.2, 0.25) is 0 Å². The SMILES string of the molecule is CCCC(C)(C)NCc1ccc(C(=O)O)cc1. The molecule has 94 valence electrons. The van der Waals surface area contributed by atoms with Crippen molar-refractivity contribution in [3.8, 4) is 0 Å². The van der Waals surface area contributed by atoms with Gasteiger partial charge in [0.15, 0.2) is 0 Å². The summed E-state index contributed by atoms with van der Waals surface area (Å²) in [4.78, 5) is 10.7. The van der Waals surface area contributed by atoms with Crippen LogP contribution in [0.2, 0.25) is 0 Å². The molecule has 1 aromatic rings. The number of carbonyl (C=O) groups is 1. The van der Waals surface area contributed by atoms with Crippen molar-refractivity contribution in [3.05, 3.63) is 35.4 Å². The predicted molar refractivity (Wildman–Crippen MR) is 69.2 cm³/mol. The van der Waals surface area contributed by atoms with Gasteiger partial charge < -0.3 is 10.4 Å². The van der Waals surface area contributed by atoms with Crippen LogP contribution in [-0.4, -0.2) is 16.6 Å². The molecule has 3 nitrogen and oxygen atoms in total. The maximum Gasteiger partial charge on any atom is 0.335 e. The molecule has 0 aliphatic carbocycles. The molecule has 1 aromatic carbocycles. The third kappa shape index (κ3) is 4.57. The number of carboxylic acid groups (broad SMARTS) is 1. The average Bonchev–Trinajstić information content (AvgIpc) is 2.27. The van der Waals surface area contributed by atoms with Crippen molar-refractivity contribution < 1.29 is 9.90 Å². The number of nitrogens with one attached hydrogen (secondary N) is 1. The fourth-order valence-corrected chi connectivity index (χ4v) is 1.82. The first kappa shape index (κ1) is 13.7. The molecule has 0 atom stereocenters. The van der Waals surface area contributed by atoms with Crippen molar-refractivity contribution in [2.75, 3.05) is 0 Å². The highest BCUT2D eigenvalue weighted by Crippen LogP contribution is 2.12. The summed E-state index contributed by atoms with van der Waals surface area (Å²) >= 11 is 0. The van der Waals surface area contributed by atoms with Crippen LogP contribution in [0.5, 0.6) is 0 Å². The van der Waals surface area contributed by atoms with Gasteiger partial charge in [0.1, 0.15) is 0 Å². The average molecular weight is 235 g/mol. The van der Waals surface area contributed by atoms with Crippen LogP contribution in [0.25, 0.3) is 0 Å². The molecule has 3 heteroatoms. The first-order valence-corrected chi connectivity index (χ1v) is 6.02. The maximum atomic E-state index is 10.7. The highest BCUT2D eigenvalue weighted by atomic mass is 16.4. The second kappa shape index (κ2) is 5.82. The number of carboxylic acids is 1. The smallest absolute Gasteiger partial charge is 0.335 e. The highest BCUT2D eigenvalue weighted by Gasteiger charge is 2.14. The quantitative estimate of drug-likeness (QED) is 0.796. The lowest BCUT2D eigenvalue weighted by Gasteiger charge is -2.26. The van der Waals surface area contributed by atoms with E-state index in [1.165, 1.54) is 0 Å². The van der Waals surface area contributed by atoms with Gasteiger partial charge in [0.05, 0.1) is 5.56 Å². The van der Waals surface area contributed by atoms with E-state index < -0.39 is 5.97 Å². The Kier molecular flexibility index (Phi) is 4.70. The molecule has 0 aliphatic rings. The van der Waals surface area contributed by atoms with E-state index in [-0.39, 0.29) is 5.54 Å². The molecule has 0 heterocycles. The third-order valence-electron chi connectivity index (χ3n) is 2.85. The summed E-state index contributed by atoms with van der Waals surface area (Å²) in [6.45, 7) is 7.31. The van der Waals surface area contributed by atoms with Crippen LogP contribution in [0.3, 0.4) is 0 Å². The van der Waals surface area contributed by atoms with Crippen LogP contribution in [0.4, 0.5) is 0 Å². The number of aromatic carboxylic acids is 1. The summed E-state index contributed by atoms with van der Waals surface area (Å²) in [5, 5.41) is 12.3. The van der Waals surface area contributed by atoms with Crippen LogP contribution in [-0.2, 0) is 6.54 Å². The van der Waals surface area contributed by atoms with Crippen LogP contribution < -0.4 is 5.32 Å². The molecule has 1 rings (SSSR count). The van der Waals surface area contributed by atoms with Crippen molar-refractivity contribution in [3.63, 3.8) is 0 Å². The van der Waals surface area contributed by atoms with Crippen LogP contribution in [0.1, 0.15) is 49.5 Å². The summed E-state index contributed by atoms with van der Waals surface area (Å²) in [6.07, 6.45) is 2.28. The molecule has 0 spiro atoms. The van der Waals surface area contributed by atoms with E-state index in [4.69, 9.17) is 5.11 Å². The molecule has 0 aliphatic heterocycles. The Labute approximate surface area is 103 Å². The number of hydrogen-bond donors (Lipinski definition) is 2. The van der Waals surface area contributed by atoms with Crippen LogP contribution in [0, 0.1) is 0 Å². The van der Waals surface area contributed by atoms with Gasteiger partial charge in [-0.15, -0.1) is 0 Å². The van der Waals surface area contributed by atoms with E-state index in [0.29, 0.717) is 5.56 Å². The zero-order chi connectivity index (χ0) is 12.9. The van der Waals surface area contributed by atoms with E-state index in [2.05, 4.69) is 26.1 Å². The highest BCUT2D eigenvalue weighted by molar-refractivity contribution is 5.87. The van der Waals surface area contributed by atoms with E-state index in [1.54, 1.807) is 12.1 Å². The summed E-state index contributed by atoms with van der Waals surface area (Å²) < 4.78 is 0. The minimum atomic E-state index is -0.879. The van der Waals surface area contributed by atoms with Gasteiger partial charge in [-0.3, -0.25) is 0 Å². The fourth-order valence-electron chi connectivity index (χ4n) is 1.82. The molecular weight excluding hydrogens is 214 g/mol. The zero-order valence-corrected chi connectivity index (χ0v) is 10.8. The maximum absolute atomic E-state index is 10.7. The van der Waals surface area contributed by atoms with Crippen molar-refractivity contribution in [2.45, 2.75) is 45.7 Å². The van der Waals surface area contributed by atoms with Gasteiger partial charge in [-0.05, 0) is 38.0 Å². The number of benzene rings is 1. The van der Waals surface area contributed by atoms with E-state index in [9.17, 15) is 4.79 Å². The van der Waals surface area contributed by atoms with E-state index >= 15 is 0 Å². The summed E-state index contributed by atoms with van der Waals surface area (Å²) in [7, 11) is 0. The first-order chi connectivity index (χ1) is 7.94. The van der Waals surface area contributed by atoms with E-state index in [0.717, 1.165) is 24.9 Å². The fraction of sp³-hybridized carbons (Fsp3) is 0.500. The van der Waals surface area contributed by atoms with Crippen molar-refractivity contribution in [1.82, 2.24) is 5.32 Å². The molecular formula is C14H21NO2. The molecule has 2 N–H and O–H groups in total. The van der Waals surface area contributed by atoms with Gasteiger partial charge in [0.25, 0.3) is 0 Å². The normalized spacial score (nSPS) is 11.5.